The van der Waals surface area contributed by atoms with Crippen LogP contribution < -0.4 is 20.7 Å². The predicted molar refractivity (Wildman–Crippen MR) is 140 cm³/mol. The third-order valence-corrected chi connectivity index (χ3v) is 6.49. The van der Waals surface area contributed by atoms with Crippen molar-refractivity contribution in [1.82, 2.24) is 15.3 Å². The maximum Gasteiger partial charge on any atom is 0.416 e. The zero-order valence-corrected chi connectivity index (χ0v) is 20.6. The summed E-state index contributed by atoms with van der Waals surface area (Å²) in [7, 11) is 0. The maximum atomic E-state index is 13.7. The van der Waals surface area contributed by atoms with Crippen LogP contribution in [0.3, 0.4) is 0 Å². The number of nitrogens with zero attached hydrogens (tertiary/aromatic N) is 2. The Bertz CT molecular complexity index is 1460. The summed E-state index contributed by atoms with van der Waals surface area (Å²) in [6.07, 6.45) is 2.14. The molecule has 2 aromatic carbocycles. The molecule has 0 saturated carbocycles. The lowest BCUT2D eigenvalue weighted by Crippen LogP contribution is -2.42. The van der Waals surface area contributed by atoms with E-state index in [2.05, 4.69) is 25.9 Å². The number of amides is 1. The first-order chi connectivity index (χ1) is 18.2. The van der Waals surface area contributed by atoms with Crippen LogP contribution in [0, 0.1) is 0 Å². The number of ether oxygens (including phenoxy) is 1. The zero-order chi connectivity index (χ0) is 26.8. The number of nitrogens with one attached hydrogen (secondary N) is 3. The van der Waals surface area contributed by atoms with E-state index in [4.69, 9.17) is 4.74 Å². The van der Waals surface area contributed by atoms with Gasteiger partial charge < -0.3 is 20.7 Å². The number of aromatic nitrogens is 2. The van der Waals surface area contributed by atoms with Gasteiger partial charge in [-0.15, -0.1) is 0 Å². The summed E-state index contributed by atoms with van der Waals surface area (Å²) in [5.41, 5.74) is -0.382. The number of carbonyl (C=O) groups is 1. The molecule has 3 heterocycles. The number of benzene rings is 2. The normalized spacial score (nSPS) is 17.4. The molecule has 0 bridgehead atoms. The third kappa shape index (κ3) is 5.70. The monoisotopic (exact) mass is 521 g/mol. The number of fused-ring (bicyclic) bond motifs is 1. The van der Waals surface area contributed by atoms with Crippen LogP contribution in [0.25, 0.3) is 10.8 Å². The summed E-state index contributed by atoms with van der Waals surface area (Å²) in [6, 6.07) is 13.8. The molecule has 0 radical (unpaired) electrons. The molecule has 1 atom stereocenters. The summed E-state index contributed by atoms with van der Waals surface area (Å²) in [5, 5.41) is 10.9. The van der Waals surface area contributed by atoms with Crippen molar-refractivity contribution in [2.24, 2.45) is 0 Å². The standard InChI is InChI=1S/C28H26F3N5O2/c1-27(9-4-11-34-27)17-38-21-14-19(28(29,30)31)13-20(15-21)35-26(37)23-6-3-10-33-25(23)36-24-7-2-5-18-16-32-12-8-22(18)24/h2-3,5-8,10,12-16,34H,4,9,11,17H2,1H3,(H,33,36)(H,35,37)/t27-/m0/s1. The summed E-state index contributed by atoms with van der Waals surface area (Å²) in [4.78, 5) is 21.7. The lowest BCUT2D eigenvalue weighted by atomic mass is 10.0. The van der Waals surface area contributed by atoms with Crippen molar-refractivity contribution in [3.05, 3.63) is 84.3 Å². The van der Waals surface area contributed by atoms with Crippen LogP contribution in [0.5, 0.6) is 5.75 Å². The molecule has 196 valence electrons. The van der Waals surface area contributed by atoms with E-state index in [1.807, 2.05) is 31.2 Å². The average Bonchev–Trinajstić information content (AvgIpc) is 3.34. The number of hydrogen-bond acceptors (Lipinski definition) is 6. The zero-order valence-electron chi connectivity index (χ0n) is 20.6. The van der Waals surface area contributed by atoms with Crippen LogP contribution in [0.2, 0.25) is 0 Å². The van der Waals surface area contributed by atoms with Crippen molar-refractivity contribution in [3.63, 3.8) is 0 Å². The Balaban J connectivity index is 1.40. The summed E-state index contributed by atoms with van der Waals surface area (Å²) >= 11 is 0. The molecule has 1 amide bonds. The van der Waals surface area contributed by atoms with Gasteiger partial charge in [0.05, 0.1) is 11.1 Å². The SMILES string of the molecule is C[C@@]1(COc2cc(NC(=O)c3cccnc3Nc3cccc4cnccc34)cc(C(F)(F)F)c2)CCCN1. The van der Waals surface area contributed by atoms with E-state index in [1.165, 1.54) is 12.3 Å². The molecule has 0 aliphatic carbocycles. The van der Waals surface area contributed by atoms with Crippen molar-refractivity contribution in [1.29, 1.82) is 0 Å². The molecule has 3 N–H and O–H groups in total. The van der Waals surface area contributed by atoms with Crippen LogP contribution in [0.4, 0.5) is 30.4 Å². The lowest BCUT2D eigenvalue weighted by Gasteiger charge is -2.25. The fourth-order valence-corrected chi connectivity index (χ4v) is 4.49. The number of hydrogen-bond donors (Lipinski definition) is 3. The van der Waals surface area contributed by atoms with Crippen molar-refractivity contribution in [2.45, 2.75) is 31.5 Å². The minimum absolute atomic E-state index is 0.0268. The van der Waals surface area contributed by atoms with Crippen molar-refractivity contribution < 1.29 is 22.7 Å². The molecule has 0 spiro atoms. The summed E-state index contributed by atoms with van der Waals surface area (Å²) in [5.74, 6) is -0.325. The second kappa shape index (κ2) is 10.3. The smallest absolute Gasteiger partial charge is 0.416 e. The molecule has 4 aromatic rings. The Morgan fingerprint density at radius 1 is 1.13 bits per heavy atom. The molecule has 2 aromatic heterocycles. The highest BCUT2D eigenvalue weighted by atomic mass is 19.4. The minimum Gasteiger partial charge on any atom is -0.492 e. The number of rotatable bonds is 7. The second-order valence-electron chi connectivity index (χ2n) is 9.50. The third-order valence-electron chi connectivity index (χ3n) is 6.49. The van der Waals surface area contributed by atoms with Gasteiger partial charge in [-0.25, -0.2) is 4.98 Å². The first-order valence-electron chi connectivity index (χ1n) is 12.2. The topological polar surface area (TPSA) is 88.2 Å². The Kier molecular flexibility index (Phi) is 6.90. The number of carbonyl (C=O) groups excluding carboxylic acids is 1. The summed E-state index contributed by atoms with van der Waals surface area (Å²) in [6.45, 7) is 3.01. The Morgan fingerprint density at radius 3 is 2.79 bits per heavy atom. The first kappa shape index (κ1) is 25.5. The molecular formula is C28H26F3N5O2. The number of pyridine rings is 2. The van der Waals surface area contributed by atoms with Gasteiger partial charge in [0.2, 0.25) is 0 Å². The van der Waals surface area contributed by atoms with Crippen molar-refractivity contribution in [3.8, 4) is 5.75 Å². The van der Waals surface area contributed by atoms with Crippen LogP contribution in [0.1, 0.15) is 35.7 Å². The van der Waals surface area contributed by atoms with Crippen LogP contribution in [-0.4, -0.2) is 34.6 Å². The minimum atomic E-state index is -4.61. The highest BCUT2D eigenvalue weighted by Crippen LogP contribution is 2.35. The van der Waals surface area contributed by atoms with E-state index >= 15 is 0 Å². The van der Waals surface area contributed by atoms with Gasteiger partial charge >= 0.3 is 6.18 Å². The van der Waals surface area contributed by atoms with Gasteiger partial charge in [-0.05, 0) is 62.7 Å². The van der Waals surface area contributed by atoms with E-state index in [0.717, 1.165) is 42.3 Å². The van der Waals surface area contributed by atoms with Gasteiger partial charge in [0.25, 0.3) is 5.91 Å². The van der Waals surface area contributed by atoms with Gasteiger partial charge in [0.1, 0.15) is 18.2 Å². The summed E-state index contributed by atoms with van der Waals surface area (Å²) < 4.78 is 46.7. The average molecular weight is 522 g/mol. The van der Waals surface area contributed by atoms with Gasteiger partial charge in [-0.3, -0.25) is 9.78 Å². The number of alkyl halides is 3. The van der Waals surface area contributed by atoms with E-state index in [1.54, 1.807) is 24.5 Å². The highest BCUT2D eigenvalue weighted by Gasteiger charge is 2.33. The maximum absolute atomic E-state index is 13.7. The molecule has 1 aliphatic heterocycles. The van der Waals surface area contributed by atoms with Gasteiger partial charge in [-0.2, -0.15) is 13.2 Å². The van der Waals surface area contributed by atoms with E-state index < -0.39 is 17.6 Å². The molecule has 7 nitrogen and oxygen atoms in total. The fraction of sp³-hybridized carbons (Fsp3) is 0.250. The van der Waals surface area contributed by atoms with Crippen LogP contribution in [0.15, 0.2) is 73.2 Å². The van der Waals surface area contributed by atoms with Crippen LogP contribution in [-0.2, 0) is 6.18 Å². The largest absolute Gasteiger partial charge is 0.492 e. The lowest BCUT2D eigenvalue weighted by molar-refractivity contribution is -0.137. The first-order valence-corrected chi connectivity index (χ1v) is 12.2. The number of anilines is 3. The Morgan fingerprint density at radius 2 is 2.00 bits per heavy atom. The molecule has 1 fully saturated rings. The molecule has 1 saturated heterocycles. The van der Waals surface area contributed by atoms with Crippen LogP contribution >= 0.6 is 0 Å². The highest BCUT2D eigenvalue weighted by molar-refractivity contribution is 6.08. The van der Waals surface area contributed by atoms with Crippen molar-refractivity contribution >= 4 is 33.9 Å². The molecule has 10 heteroatoms. The molecular weight excluding hydrogens is 495 g/mol. The molecule has 38 heavy (non-hydrogen) atoms. The van der Waals surface area contributed by atoms with Crippen molar-refractivity contribution in [2.75, 3.05) is 23.8 Å². The van der Waals surface area contributed by atoms with Gasteiger partial charge in [-0.1, -0.05) is 12.1 Å². The van der Waals surface area contributed by atoms with Gasteiger partial charge in [0.15, 0.2) is 0 Å². The molecule has 5 rings (SSSR count). The Labute approximate surface area is 217 Å². The second-order valence-corrected chi connectivity index (χ2v) is 9.50. The van der Waals surface area contributed by atoms with E-state index in [0.29, 0.717) is 5.69 Å². The number of halogens is 3. The molecule has 0 unspecified atom stereocenters. The van der Waals surface area contributed by atoms with E-state index in [-0.39, 0.29) is 35.0 Å². The Hall–Kier alpha value is -4.18. The quantitative estimate of drug-likeness (QED) is 0.270. The van der Waals surface area contributed by atoms with Gasteiger partial charge in [0, 0.05) is 52.3 Å². The molecule has 1 aliphatic rings. The van der Waals surface area contributed by atoms with E-state index in [9.17, 15) is 18.0 Å². The predicted octanol–water partition coefficient (Wildman–Crippen LogP) is 6.17. The fourth-order valence-electron chi connectivity index (χ4n) is 4.49.